The van der Waals surface area contributed by atoms with Crippen LogP contribution in [0.3, 0.4) is 0 Å². The predicted octanol–water partition coefficient (Wildman–Crippen LogP) is 3.61. The van der Waals surface area contributed by atoms with Gasteiger partial charge in [-0.25, -0.2) is 8.42 Å². The van der Waals surface area contributed by atoms with Crippen molar-refractivity contribution in [2.75, 3.05) is 13.1 Å². The Morgan fingerprint density at radius 2 is 1.75 bits per heavy atom. The van der Waals surface area contributed by atoms with Crippen molar-refractivity contribution in [3.63, 3.8) is 0 Å². The van der Waals surface area contributed by atoms with Gasteiger partial charge in [-0.3, -0.25) is 4.79 Å². The number of carbonyl (C=O) groups is 1. The van der Waals surface area contributed by atoms with Crippen molar-refractivity contribution in [3.8, 4) is 0 Å². The minimum Gasteiger partial charge on any atom is -0.350 e. The van der Waals surface area contributed by atoms with E-state index < -0.39 is 10.0 Å². The average Bonchev–Trinajstić information content (AvgIpc) is 2.73. The maximum absolute atomic E-state index is 12.8. The minimum absolute atomic E-state index is 0.00457. The smallest absolute Gasteiger partial charge is 0.251 e. The lowest BCUT2D eigenvalue weighted by molar-refractivity contribution is 0.0938. The third kappa shape index (κ3) is 5.20. The van der Waals surface area contributed by atoms with Gasteiger partial charge in [0.1, 0.15) is 0 Å². The number of carbonyl (C=O) groups excluding carboxylic acids is 1. The highest BCUT2D eigenvalue weighted by Crippen LogP contribution is 2.21. The Kier molecular flexibility index (Phi) is 6.86. The van der Waals surface area contributed by atoms with E-state index in [0.29, 0.717) is 18.7 Å². The molecule has 150 valence electrons. The van der Waals surface area contributed by atoms with Crippen LogP contribution >= 0.6 is 0 Å². The van der Waals surface area contributed by atoms with Crippen LogP contribution in [-0.2, 0) is 16.4 Å². The zero-order valence-corrected chi connectivity index (χ0v) is 17.1. The maximum atomic E-state index is 12.8. The third-order valence-corrected chi connectivity index (χ3v) is 7.03. The van der Waals surface area contributed by atoms with Gasteiger partial charge >= 0.3 is 0 Å². The molecule has 2 aromatic rings. The molecule has 0 aromatic heterocycles. The average molecular weight is 401 g/mol. The number of benzene rings is 2. The van der Waals surface area contributed by atoms with Crippen molar-refractivity contribution in [1.29, 1.82) is 0 Å². The molecule has 1 fully saturated rings. The Hall–Kier alpha value is -2.18. The van der Waals surface area contributed by atoms with E-state index in [9.17, 15) is 13.2 Å². The summed E-state index contributed by atoms with van der Waals surface area (Å²) in [6.45, 7) is 3.07. The van der Waals surface area contributed by atoms with Crippen LogP contribution in [-0.4, -0.2) is 37.8 Å². The van der Waals surface area contributed by atoms with Gasteiger partial charge < -0.3 is 5.32 Å². The Morgan fingerprint density at radius 1 is 1.04 bits per heavy atom. The second-order valence-electron chi connectivity index (χ2n) is 7.39. The zero-order valence-electron chi connectivity index (χ0n) is 16.3. The zero-order chi connectivity index (χ0) is 20.0. The number of nitrogens with one attached hydrogen (secondary N) is 1. The molecule has 1 aliphatic rings. The molecule has 0 spiro atoms. The van der Waals surface area contributed by atoms with Crippen LogP contribution in [0.25, 0.3) is 0 Å². The first-order chi connectivity index (χ1) is 13.5. The Morgan fingerprint density at radius 3 is 2.46 bits per heavy atom. The first-order valence-electron chi connectivity index (χ1n) is 9.92. The van der Waals surface area contributed by atoms with Crippen LogP contribution < -0.4 is 5.32 Å². The number of hydrogen-bond acceptors (Lipinski definition) is 3. The lowest BCUT2D eigenvalue weighted by atomic mass is 10.1. The molecule has 1 heterocycles. The number of rotatable bonds is 7. The molecule has 0 bridgehead atoms. The molecule has 28 heavy (non-hydrogen) atoms. The molecular formula is C22H28N2O3S. The molecular weight excluding hydrogens is 372 g/mol. The monoisotopic (exact) mass is 400 g/mol. The summed E-state index contributed by atoms with van der Waals surface area (Å²) >= 11 is 0. The topological polar surface area (TPSA) is 66.5 Å². The van der Waals surface area contributed by atoms with E-state index in [2.05, 4.69) is 17.4 Å². The number of sulfonamides is 1. The fourth-order valence-electron chi connectivity index (χ4n) is 3.46. The second-order valence-corrected chi connectivity index (χ2v) is 9.33. The molecule has 6 heteroatoms. The maximum Gasteiger partial charge on any atom is 0.251 e. The van der Waals surface area contributed by atoms with Crippen molar-refractivity contribution < 1.29 is 13.2 Å². The van der Waals surface area contributed by atoms with Gasteiger partial charge in [-0.05, 0) is 56.4 Å². The van der Waals surface area contributed by atoms with E-state index in [1.807, 2.05) is 25.1 Å². The lowest BCUT2D eigenvalue weighted by Gasteiger charge is -2.26. The minimum atomic E-state index is -3.54. The van der Waals surface area contributed by atoms with E-state index in [1.54, 1.807) is 18.2 Å². The van der Waals surface area contributed by atoms with Gasteiger partial charge in [-0.1, -0.05) is 42.8 Å². The summed E-state index contributed by atoms with van der Waals surface area (Å²) in [5, 5.41) is 2.98. The number of nitrogens with zero attached hydrogens (tertiary/aromatic N) is 1. The SMILES string of the molecule is C[C@H](CCc1ccccc1)NC(=O)c1cccc(S(=O)(=O)N2CCCCC2)c1. The van der Waals surface area contributed by atoms with Crippen LogP contribution in [0.5, 0.6) is 0 Å². The largest absolute Gasteiger partial charge is 0.350 e. The van der Waals surface area contributed by atoms with E-state index in [4.69, 9.17) is 0 Å². The Balaban J connectivity index is 1.63. The van der Waals surface area contributed by atoms with Crippen molar-refractivity contribution in [3.05, 3.63) is 65.7 Å². The number of hydrogen-bond donors (Lipinski definition) is 1. The normalized spacial score (nSPS) is 16.5. The summed E-state index contributed by atoms with van der Waals surface area (Å²) in [4.78, 5) is 12.8. The molecule has 0 aliphatic carbocycles. The summed E-state index contributed by atoms with van der Waals surface area (Å²) in [5.74, 6) is -0.240. The van der Waals surface area contributed by atoms with Gasteiger partial charge in [0, 0.05) is 24.7 Å². The van der Waals surface area contributed by atoms with Gasteiger partial charge in [0.15, 0.2) is 0 Å². The van der Waals surface area contributed by atoms with Gasteiger partial charge in [0.25, 0.3) is 5.91 Å². The summed E-state index contributed by atoms with van der Waals surface area (Å²) in [6.07, 6.45) is 4.54. The van der Waals surface area contributed by atoms with Crippen molar-refractivity contribution >= 4 is 15.9 Å². The van der Waals surface area contributed by atoms with Gasteiger partial charge in [0.2, 0.25) is 10.0 Å². The van der Waals surface area contributed by atoms with Crippen LogP contribution in [0.1, 0.15) is 48.5 Å². The van der Waals surface area contributed by atoms with Gasteiger partial charge in [-0.2, -0.15) is 4.31 Å². The lowest BCUT2D eigenvalue weighted by Crippen LogP contribution is -2.36. The van der Waals surface area contributed by atoms with E-state index >= 15 is 0 Å². The highest BCUT2D eigenvalue weighted by atomic mass is 32.2. The molecule has 0 radical (unpaired) electrons. The number of piperidine rings is 1. The molecule has 1 amide bonds. The molecule has 3 rings (SSSR count). The fourth-order valence-corrected chi connectivity index (χ4v) is 5.02. The molecule has 5 nitrogen and oxygen atoms in total. The molecule has 1 atom stereocenters. The predicted molar refractivity (Wildman–Crippen MR) is 111 cm³/mol. The molecule has 0 saturated carbocycles. The Bertz CT molecular complexity index is 891. The van der Waals surface area contributed by atoms with Crippen molar-refractivity contribution in [2.45, 2.75) is 50.0 Å². The molecule has 1 N–H and O–H groups in total. The highest BCUT2D eigenvalue weighted by molar-refractivity contribution is 7.89. The summed E-state index contributed by atoms with van der Waals surface area (Å²) < 4.78 is 27.2. The first-order valence-corrected chi connectivity index (χ1v) is 11.4. The van der Waals surface area contributed by atoms with Crippen LogP contribution in [0.4, 0.5) is 0 Å². The first kappa shape index (κ1) is 20.6. The quantitative estimate of drug-likeness (QED) is 0.772. The summed E-state index contributed by atoms with van der Waals surface area (Å²) in [7, 11) is -3.54. The van der Waals surface area contributed by atoms with Gasteiger partial charge in [0.05, 0.1) is 4.90 Å². The summed E-state index contributed by atoms with van der Waals surface area (Å²) in [5.41, 5.74) is 1.61. The number of aryl methyl sites for hydroxylation is 1. The van der Waals surface area contributed by atoms with Gasteiger partial charge in [-0.15, -0.1) is 0 Å². The standard InChI is InChI=1S/C22H28N2O3S/c1-18(13-14-19-9-4-2-5-10-19)23-22(25)20-11-8-12-21(17-20)28(26,27)24-15-6-3-7-16-24/h2,4-5,8-12,17-18H,3,6-7,13-16H2,1H3,(H,23,25)/t18-/m1/s1. The third-order valence-electron chi connectivity index (χ3n) is 5.14. The van der Waals surface area contributed by atoms with Crippen LogP contribution in [0, 0.1) is 0 Å². The Labute approximate surface area is 167 Å². The van der Waals surface area contributed by atoms with E-state index in [-0.39, 0.29) is 16.8 Å². The second kappa shape index (κ2) is 9.34. The molecule has 1 aliphatic heterocycles. The molecule has 2 aromatic carbocycles. The highest BCUT2D eigenvalue weighted by Gasteiger charge is 2.26. The molecule has 1 saturated heterocycles. The van der Waals surface area contributed by atoms with E-state index in [1.165, 1.54) is 15.9 Å². The molecule has 0 unspecified atom stereocenters. The van der Waals surface area contributed by atoms with Crippen molar-refractivity contribution in [2.24, 2.45) is 0 Å². The number of amides is 1. The van der Waals surface area contributed by atoms with Crippen LogP contribution in [0.15, 0.2) is 59.5 Å². The summed E-state index contributed by atoms with van der Waals surface area (Å²) in [6, 6.07) is 16.5. The van der Waals surface area contributed by atoms with Crippen molar-refractivity contribution in [1.82, 2.24) is 9.62 Å². The van der Waals surface area contributed by atoms with Crippen LogP contribution in [0.2, 0.25) is 0 Å². The van der Waals surface area contributed by atoms with E-state index in [0.717, 1.165) is 32.1 Å². The fraction of sp³-hybridized carbons (Fsp3) is 0.409.